The van der Waals surface area contributed by atoms with Gasteiger partial charge in [0.1, 0.15) is 5.69 Å². The van der Waals surface area contributed by atoms with E-state index in [4.69, 9.17) is 5.11 Å². The molecule has 0 fully saturated rings. The number of carboxylic acid groups (broad SMARTS) is 1. The van der Waals surface area contributed by atoms with Crippen molar-refractivity contribution >= 4 is 17.5 Å². The standard InChI is InChI=1S/C9H6N2O2S/c12-9(13)8-7(10-11-14-8)6-4-2-1-3-5-6/h1-5H,(H,12,13). The second-order valence-electron chi connectivity index (χ2n) is 2.62. The van der Waals surface area contributed by atoms with E-state index in [9.17, 15) is 4.79 Å². The summed E-state index contributed by atoms with van der Waals surface area (Å²) in [5.41, 5.74) is 1.21. The van der Waals surface area contributed by atoms with Crippen molar-refractivity contribution in [2.24, 2.45) is 0 Å². The second-order valence-corrected chi connectivity index (χ2v) is 3.38. The molecule has 1 heterocycles. The molecule has 2 aromatic rings. The molecule has 0 aliphatic rings. The molecule has 0 aliphatic carbocycles. The smallest absolute Gasteiger partial charge is 0.349 e. The van der Waals surface area contributed by atoms with Crippen LogP contribution in [0.5, 0.6) is 0 Å². The van der Waals surface area contributed by atoms with Crippen molar-refractivity contribution in [2.75, 3.05) is 0 Å². The minimum absolute atomic E-state index is 0.177. The van der Waals surface area contributed by atoms with E-state index in [1.165, 1.54) is 0 Å². The molecule has 0 spiro atoms. The maximum atomic E-state index is 10.8. The molecule has 4 nitrogen and oxygen atoms in total. The van der Waals surface area contributed by atoms with Crippen LogP contribution in [0.3, 0.4) is 0 Å². The van der Waals surface area contributed by atoms with Crippen molar-refractivity contribution in [1.29, 1.82) is 0 Å². The van der Waals surface area contributed by atoms with Crippen molar-refractivity contribution in [1.82, 2.24) is 9.59 Å². The fourth-order valence-electron chi connectivity index (χ4n) is 1.12. The SMILES string of the molecule is O=C(O)c1snnc1-c1ccccc1. The first-order valence-corrected chi connectivity index (χ1v) is 4.67. The van der Waals surface area contributed by atoms with Gasteiger partial charge in [-0.1, -0.05) is 34.8 Å². The summed E-state index contributed by atoms with van der Waals surface area (Å²) in [5, 5.41) is 12.6. The topological polar surface area (TPSA) is 63.1 Å². The van der Waals surface area contributed by atoms with Crippen molar-refractivity contribution in [2.45, 2.75) is 0 Å². The lowest BCUT2D eigenvalue weighted by molar-refractivity contribution is 0.0702. The fourth-order valence-corrected chi connectivity index (χ4v) is 1.64. The summed E-state index contributed by atoms with van der Waals surface area (Å²) in [6.07, 6.45) is 0. The van der Waals surface area contributed by atoms with Crippen LogP contribution in [0, 0.1) is 0 Å². The number of hydrogen-bond donors (Lipinski definition) is 1. The summed E-state index contributed by atoms with van der Waals surface area (Å²) in [4.78, 5) is 11.0. The summed E-state index contributed by atoms with van der Waals surface area (Å²) in [6, 6.07) is 9.15. The second kappa shape index (κ2) is 3.55. The number of aromatic nitrogens is 2. The van der Waals surface area contributed by atoms with E-state index in [0.29, 0.717) is 5.69 Å². The van der Waals surface area contributed by atoms with Crippen LogP contribution in [0.1, 0.15) is 9.67 Å². The molecule has 0 amide bonds. The van der Waals surface area contributed by atoms with E-state index in [0.717, 1.165) is 17.1 Å². The quantitative estimate of drug-likeness (QED) is 0.815. The number of carbonyl (C=O) groups is 1. The summed E-state index contributed by atoms with van der Waals surface area (Å²) in [7, 11) is 0. The van der Waals surface area contributed by atoms with Gasteiger partial charge in [0.25, 0.3) is 0 Å². The van der Waals surface area contributed by atoms with Gasteiger partial charge in [0.2, 0.25) is 0 Å². The molecule has 0 saturated heterocycles. The first-order valence-electron chi connectivity index (χ1n) is 3.90. The maximum absolute atomic E-state index is 10.8. The van der Waals surface area contributed by atoms with Gasteiger partial charge in [-0.25, -0.2) is 4.79 Å². The zero-order chi connectivity index (χ0) is 9.97. The van der Waals surface area contributed by atoms with Crippen LogP contribution in [-0.4, -0.2) is 20.7 Å². The molecule has 0 unspecified atom stereocenters. The van der Waals surface area contributed by atoms with Gasteiger partial charge < -0.3 is 5.11 Å². The Kier molecular flexibility index (Phi) is 2.24. The van der Waals surface area contributed by atoms with Crippen LogP contribution in [-0.2, 0) is 0 Å². The minimum atomic E-state index is -0.987. The number of hydrogen-bond acceptors (Lipinski definition) is 4. The van der Waals surface area contributed by atoms with Gasteiger partial charge in [0.05, 0.1) is 0 Å². The highest BCUT2D eigenvalue weighted by Crippen LogP contribution is 2.22. The molecule has 0 atom stereocenters. The Morgan fingerprint density at radius 1 is 1.29 bits per heavy atom. The van der Waals surface area contributed by atoms with E-state index in [1.54, 1.807) is 0 Å². The van der Waals surface area contributed by atoms with Crippen LogP contribution in [0.15, 0.2) is 30.3 Å². The molecular weight excluding hydrogens is 200 g/mol. The third-order valence-corrected chi connectivity index (χ3v) is 2.44. The molecular formula is C9H6N2O2S. The minimum Gasteiger partial charge on any atom is -0.477 e. The number of benzene rings is 1. The third kappa shape index (κ3) is 1.49. The lowest BCUT2D eigenvalue weighted by Crippen LogP contribution is -1.95. The monoisotopic (exact) mass is 206 g/mol. The van der Waals surface area contributed by atoms with Crippen LogP contribution in [0.25, 0.3) is 11.3 Å². The van der Waals surface area contributed by atoms with E-state index in [2.05, 4.69) is 9.59 Å². The normalized spacial score (nSPS) is 10.0. The molecule has 5 heteroatoms. The third-order valence-electron chi connectivity index (χ3n) is 1.73. The number of aromatic carboxylic acids is 1. The Hall–Kier alpha value is -1.75. The Morgan fingerprint density at radius 2 is 2.00 bits per heavy atom. The average Bonchev–Trinajstić information content (AvgIpc) is 2.67. The van der Waals surface area contributed by atoms with Crippen molar-refractivity contribution < 1.29 is 9.90 Å². The molecule has 1 aromatic heterocycles. The van der Waals surface area contributed by atoms with Gasteiger partial charge in [-0.2, -0.15) is 0 Å². The largest absolute Gasteiger partial charge is 0.477 e. The lowest BCUT2D eigenvalue weighted by atomic mass is 10.1. The Balaban J connectivity index is 2.52. The van der Waals surface area contributed by atoms with Gasteiger partial charge in [-0.3, -0.25) is 0 Å². The van der Waals surface area contributed by atoms with Crippen LogP contribution < -0.4 is 0 Å². The van der Waals surface area contributed by atoms with Crippen LogP contribution in [0.4, 0.5) is 0 Å². The highest BCUT2D eigenvalue weighted by atomic mass is 32.1. The average molecular weight is 206 g/mol. The van der Waals surface area contributed by atoms with Gasteiger partial charge in [0, 0.05) is 5.56 Å². The van der Waals surface area contributed by atoms with Gasteiger partial charge >= 0.3 is 5.97 Å². The molecule has 1 N–H and O–H groups in total. The zero-order valence-electron chi connectivity index (χ0n) is 7.04. The van der Waals surface area contributed by atoms with E-state index >= 15 is 0 Å². The molecule has 2 rings (SSSR count). The summed E-state index contributed by atoms with van der Waals surface area (Å²) in [6.45, 7) is 0. The van der Waals surface area contributed by atoms with E-state index in [1.807, 2.05) is 30.3 Å². The molecule has 70 valence electrons. The maximum Gasteiger partial charge on any atom is 0.349 e. The molecule has 1 aromatic carbocycles. The predicted octanol–water partition coefficient (Wildman–Crippen LogP) is 1.90. The van der Waals surface area contributed by atoms with Crippen molar-refractivity contribution in [3.05, 3.63) is 35.2 Å². The Morgan fingerprint density at radius 3 is 2.64 bits per heavy atom. The highest BCUT2D eigenvalue weighted by molar-refractivity contribution is 7.08. The van der Waals surface area contributed by atoms with Gasteiger partial charge in [-0.15, -0.1) is 5.10 Å². The van der Waals surface area contributed by atoms with Crippen molar-refractivity contribution in [3.63, 3.8) is 0 Å². The van der Waals surface area contributed by atoms with Crippen LogP contribution in [0.2, 0.25) is 0 Å². The number of rotatable bonds is 2. The highest BCUT2D eigenvalue weighted by Gasteiger charge is 2.15. The summed E-state index contributed by atoms with van der Waals surface area (Å²) < 4.78 is 3.63. The molecule has 0 radical (unpaired) electrons. The predicted molar refractivity (Wildman–Crippen MR) is 52.3 cm³/mol. The number of carboxylic acids is 1. The Bertz CT molecular complexity index is 453. The van der Waals surface area contributed by atoms with E-state index in [-0.39, 0.29) is 4.88 Å². The van der Waals surface area contributed by atoms with Gasteiger partial charge in [0.15, 0.2) is 4.88 Å². The molecule has 0 aliphatic heterocycles. The lowest BCUT2D eigenvalue weighted by Gasteiger charge is -1.95. The summed E-state index contributed by atoms with van der Waals surface area (Å²) >= 11 is 0.892. The number of nitrogens with zero attached hydrogens (tertiary/aromatic N) is 2. The van der Waals surface area contributed by atoms with Crippen LogP contribution >= 0.6 is 11.5 Å². The molecule has 0 bridgehead atoms. The summed E-state index contributed by atoms with van der Waals surface area (Å²) in [5.74, 6) is -0.987. The molecule has 14 heavy (non-hydrogen) atoms. The fraction of sp³-hybridized carbons (Fsp3) is 0. The van der Waals surface area contributed by atoms with Crippen molar-refractivity contribution in [3.8, 4) is 11.3 Å². The van der Waals surface area contributed by atoms with Gasteiger partial charge in [-0.05, 0) is 11.5 Å². The Labute approximate surface area is 84.0 Å². The molecule has 0 saturated carbocycles. The first kappa shape index (κ1) is 8.83. The first-order chi connectivity index (χ1) is 6.79. The van der Waals surface area contributed by atoms with E-state index < -0.39 is 5.97 Å². The zero-order valence-corrected chi connectivity index (χ0v) is 7.86.